The van der Waals surface area contributed by atoms with E-state index in [2.05, 4.69) is 34.9 Å². The van der Waals surface area contributed by atoms with Crippen LogP contribution in [0.25, 0.3) is 0 Å². The molecule has 1 aliphatic heterocycles. The zero-order valence-corrected chi connectivity index (χ0v) is 13.3. The summed E-state index contributed by atoms with van der Waals surface area (Å²) in [5.41, 5.74) is 1.26. The van der Waals surface area contributed by atoms with E-state index >= 15 is 0 Å². The van der Waals surface area contributed by atoms with Gasteiger partial charge in [-0.2, -0.15) is 0 Å². The van der Waals surface area contributed by atoms with Crippen LogP contribution in [0, 0.1) is 0 Å². The van der Waals surface area contributed by atoms with Crippen molar-refractivity contribution in [2.75, 3.05) is 39.5 Å². The zero-order valence-electron chi connectivity index (χ0n) is 12.5. The van der Waals surface area contributed by atoms with Crippen LogP contribution in [0.1, 0.15) is 18.4 Å². The molecule has 0 N–H and O–H groups in total. The zero-order chi connectivity index (χ0) is 14.2. The minimum atomic E-state index is 0.910. The van der Waals surface area contributed by atoms with E-state index in [0.717, 1.165) is 32.6 Å². The highest BCUT2D eigenvalue weighted by molar-refractivity contribution is 8.13. The average molecular weight is 292 g/mol. The van der Waals surface area contributed by atoms with E-state index in [1.54, 1.807) is 0 Å². The van der Waals surface area contributed by atoms with E-state index in [4.69, 9.17) is 4.99 Å². The van der Waals surface area contributed by atoms with Crippen LogP contribution in [0.5, 0.6) is 0 Å². The fourth-order valence-electron chi connectivity index (χ4n) is 2.17. The topological polar surface area (TPSA) is 31.7 Å². The maximum Gasteiger partial charge on any atom is 0.159 e. The quantitative estimate of drug-likeness (QED) is 0.805. The number of aliphatic imine (C=N–C) groups is 1. The Morgan fingerprint density at radius 3 is 2.85 bits per heavy atom. The number of thioether (sulfide) groups is 1. The molecule has 2 rings (SSSR count). The number of amidine groups is 1. The van der Waals surface area contributed by atoms with Gasteiger partial charge in [0.15, 0.2) is 5.17 Å². The molecule has 0 aliphatic carbocycles. The molecule has 0 saturated carbocycles. The van der Waals surface area contributed by atoms with Crippen molar-refractivity contribution in [1.82, 2.24) is 14.8 Å². The Balaban J connectivity index is 1.97. The predicted octanol–water partition coefficient (Wildman–Crippen LogP) is 2.33. The standard InChI is InChI=1S/C15H24N4S/c1-18(2)9-5-10-19(15-17-8-4-11-20-15)13-14-6-3-7-16-12-14/h3,6-7,12H,4-5,8-11,13H2,1-2H3. The summed E-state index contributed by atoms with van der Waals surface area (Å²) in [6, 6.07) is 4.14. The van der Waals surface area contributed by atoms with Gasteiger partial charge in [-0.3, -0.25) is 9.98 Å². The lowest BCUT2D eigenvalue weighted by Gasteiger charge is -2.28. The number of aromatic nitrogens is 1. The summed E-state index contributed by atoms with van der Waals surface area (Å²) >= 11 is 1.89. The van der Waals surface area contributed by atoms with Crippen molar-refractivity contribution >= 4 is 16.9 Å². The Hall–Kier alpha value is -1.07. The number of nitrogens with zero attached hydrogens (tertiary/aromatic N) is 4. The van der Waals surface area contributed by atoms with Crippen LogP contribution < -0.4 is 0 Å². The maximum atomic E-state index is 4.70. The van der Waals surface area contributed by atoms with Gasteiger partial charge < -0.3 is 9.80 Å². The third-order valence-corrected chi connectivity index (χ3v) is 4.32. The Morgan fingerprint density at radius 2 is 2.20 bits per heavy atom. The van der Waals surface area contributed by atoms with Gasteiger partial charge in [-0.15, -0.1) is 0 Å². The van der Waals surface area contributed by atoms with Crippen LogP contribution in [0.15, 0.2) is 29.5 Å². The number of hydrogen-bond donors (Lipinski definition) is 0. The first-order chi connectivity index (χ1) is 9.75. The highest BCUT2D eigenvalue weighted by Crippen LogP contribution is 2.18. The number of rotatable bonds is 6. The maximum absolute atomic E-state index is 4.70. The lowest BCUT2D eigenvalue weighted by molar-refractivity contribution is 0.346. The van der Waals surface area contributed by atoms with Crippen molar-refractivity contribution in [3.63, 3.8) is 0 Å². The third-order valence-electron chi connectivity index (χ3n) is 3.18. The van der Waals surface area contributed by atoms with Crippen molar-refractivity contribution in [3.05, 3.63) is 30.1 Å². The van der Waals surface area contributed by atoms with Gasteiger partial charge >= 0.3 is 0 Å². The number of hydrogen-bond acceptors (Lipinski definition) is 5. The molecule has 4 nitrogen and oxygen atoms in total. The van der Waals surface area contributed by atoms with Crippen molar-refractivity contribution < 1.29 is 0 Å². The van der Waals surface area contributed by atoms with Gasteiger partial charge in [0, 0.05) is 37.8 Å². The van der Waals surface area contributed by atoms with Crippen LogP contribution in [-0.2, 0) is 6.54 Å². The molecule has 0 aromatic carbocycles. The Bertz CT molecular complexity index is 419. The molecule has 0 bridgehead atoms. The molecular formula is C15H24N4S. The van der Waals surface area contributed by atoms with Gasteiger partial charge in [-0.25, -0.2) is 0 Å². The molecule has 0 unspecified atom stereocenters. The van der Waals surface area contributed by atoms with Crippen molar-refractivity contribution in [2.45, 2.75) is 19.4 Å². The molecule has 0 spiro atoms. The van der Waals surface area contributed by atoms with E-state index in [-0.39, 0.29) is 0 Å². The summed E-state index contributed by atoms with van der Waals surface area (Å²) in [4.78, 5) is 13.5. The van der Waals surface area contributed by atoms with Gasteiger partial charge in [0.05, 0.1) is 0 Å². The van der Waals surface area contributed by atoms with Crippen LogP contribution in [0.2, 0.25) is 0 Å². The molecule has 0 atom stereocenters. The highest BCUT2D eigenvalue weighted by atomic mass is 32.2. The SMILES string of the molecule is CN(C)CCCN(Cc1cccnc1)C1=NCCCS1. The molecule has 20 heavy (non-hydrogen) atoms. The minimum absolute atomic E-state index is 0.910. The molecule has 110 valence electrons. The highest BCUT2D eigenvalue weighted by Gasteiger charge is 2.15. The Kier molecular flexibility index (Phi) is 6.33. The van der Waals surface area contributed by atoms with Gasteiger partial charge in [-0.05, 0) is 45.1 Å². The van der Waals surface area contributed by atoms with Gasteiger partial charge in [0.25, 0.3) is 0 Å². The van der Waals surface area contributed by atoms with Gasteiger partial charge in [0.1, 0.15) is 0 Å². The Labute approximate surface area is 126 Å². The molecule has 0 amide bonds. The van der Waals surface area contributed by atoms with E-state index in [1.165, 1.54) is 22.9 Å². The summed E-state index contributed by atoms with van der Waals surface area (Å²) in [5.74, 6) is 1.19. The molecule has 0 saturated heterocycles. The molecule has 1 aromatic rings. The Morgan fingerprint density at radius 1 is 1.30 bits per heavy atom. The summed E-state index contributed by atoms with van der Waals surface area (Å²) < 4.78 is 0. The molecule has 5 heteroatoms. The second-order valence-electron chi connectivity index (χ2n) is 5.31. The molecule has 1 aromatic heterocycles. The van der Waals surface area contributed by atoms with E-state index in [9.17, 15) is 0 Å². The smallest absolute Gasteiger partial charge is 0.159 e. The summed E-state index contributed by atoms with van der Waals surface area (Å²) in [5, 5.41) is 1.21. The number of pyridine rings is 1. The van der Waals surface area contributed by atoms with E-state index in [1.807, 2.05) is 30.2 Å². The second kappa shape index (κ2) is 8.27. The van der Waals surface area contributed by atoms with Crippen molar-refractivity contribution in [3.8, 4) is 0 Å². The first-order valence-corrected chi connectivity index (χ1v) is 8.20. The van der Waals surface area contributed by atoms with Crippen LogP contribution >= 0.6 is 11.8 Å². The van der Waals surface area contributed by atoms with Crippen LogP contribution in [0.3, 0.4) is 0 Å². The van der Waals surface area contributed by atoms with Crippen LogP contribution in [0.4, 0.5) is 0 Å². The van der Waals surface area contributed by atoms with Crippen molar-refractivity contribution in [2.24, 2.45) is 4.99 Å². The fraction of sp³-hybridized carbons (Fsp3) is 0.600. The third kappa shape index (κ3) is 5.13. The lowest BCUT2D eigenvalue weighted by Crippen LogP contribution is -2.32. The first-order valence-electron chi connectivity index (χ1n) is 7.21. The lowest BCUT2D eigenvalue weighted by atomic mass is 10.2. The van der Waals surface area contributed by atoms with E-state index in [0.29, 0.717) is 0 Å². The predicted molar refractivity (Wildman–Crippen MR) is 87.2 cm³/mol. The van der Waals surface area contributed by atoms with Crippen molar-refractivity contribution in [1.29, 1.82) is 0 Å². The molecule has 1 aliphatic rings. The van der Waals surface area contributed by atoms with Crippen LogP contribution in [-0.4, -0.2) is 59.4 Å². The van der Waals surface area contributed by atoms with Gasteiger partial charge in [-0.1, -0.05) is 17.8 Å². The average Bonchev–Trinajstić information content (AvgIpc) is 2.48. The monoisotopic (exact) mass is 292 g/mol. The van der Waals surface area contributed by atoms with Gasteiger partial charge in [0.2, 0.25) is 0 Å². The molecule has 0 radical (unpaired) electrons. The molecule has 2 heterocycles. The second-order valence-corrected chi connectivity index (χ2v) is 6.37. The fourth-order valence-corrected chi connectivity index (χ4v) is 3.15. The summed E-state index contributed by atoms with van der Waals surface area (Å²) in [7, 11) is 4.25. The molecule has 0 fully saturated rings. The largest absolute Gasteiger partial charge is 0.347 e. The summed E-state index contributed by atoms with van der Waals surface area (Å²) in [6.45, 7) is 4.05. The molecular weight excluding hydrogens is 268 g/mol. The first kappa shape index (κ1) is 15.3. The normalized spacial score (nSPS) is 15.2. The van der Waals surface area contributed by atoms with E-state index < -0.39 is 0 Å². The summed E-state index contributed by atoms with van der Waals surface area (Å²) in [6.07, 6.45) is 6.14. The minimum Gasteiger partial charge on any atom is -0.347 e.